The minimum Gasteiger partial charge on any atom is -0.422 e. The van der Waals surface area contributed by atoms with Crippen LogP contribution in [0.2, 0.25) is 0 Å². The van der Waals surface area contributed by atoms with Crippen molar-refractivity contribution in [2.45, 2.75) is 26.8 Å². The molecule has 1 unspecified atom stereocenters. The first-order valence-corrected chi connectivity index (χ1v) is 7.28. The van der Waals surface area contributed by atoms with Crippen LogP contribution in [0.15, 0.2) is 33.5 Å². The minimum absolute atomic E-state index is 0.0560. The molecule has 1 aromatic carbocycles. The molecule has 0 bridgehead atoms. The van der Waals surface area contributed by atoms with E-state index in [1.807, 2.05) is 26.0 Å². The fourth-order valence-corrected chi connectivity index (χ4v) is 2.39. The normalized spacial score (nSPS) is 12.6. The monoisotopic (exact) mass is 303 g/mol. The van der Waals surface area contributed by atoms with Crippen LogP contribution in [0.25, 0.3) is 11.0 Å². The highest BCUT2D eigenvalue weighted by Crippen LogP contribution is 2.19. The average molecular weight is 303 g/mol. The third kappa shape index (κ3) is 3.20. The summed E-state index contributed by atoms with van der Waals surface area (Å²) >= 11 is 0. The van der Waals surface area contributed by atoms with Crippen molar-refractivity contribution in [1.82, 2.24) is 5.32 Å². The first-order chi connectivity index (χ1) is 10.5. The number of aryl methyl sites for hydroxylation is 1. The number of methoxy groups -OCH3 is 1. The maximum atomic E-state index is 12.5. The summed E-state index contributed by atoms with van der Waals surface area (Å²) in [6.07, 6.45) is 0. The molecule has 1 heterocycles. The van der Waals surface area contributed by atoms with Crippen molar-refractivity contribution in [1.29, 1.82) is 0 Å². The van der Waals surface area contributed by atoms with Crippen molar-refractivity contribution in [3.8, 4) is 0 Å². The van der Waals surface area contributed by atoms with Gasteiger partial charge >= 0.3 is 5.63 Å². The molecule has 0 aliphatic carbocycles. The number of carbonyl (C=O) groups excluding carboxylic acids is 1. The molecule has 118 valence electrons. The Morgan fingerprint density at radius 3 is 2.64 bits per heavy atom. The molecule has 1 atom stereocenters. The Labute approximate surface area is 129 Å². The molecule has 5 nitrogen and oxygen atoms in total. The standard InChI is InChI=1S/C17H21NO4/c1-10(2)13(9-21-4)18-16(19)15-11(3)12-7-5-6-8-14(12)22-17(15)20/h5-8,10,13H,9H2,1-4H3,(H,18,19). The lowest BCUT2D eigenvalue weighted by Crippen LogP contribution is -2.43. The van der Waals surface area contributed by atoms with E-state index in [0.29, 0.717) is 17.8 Å². The van der Waals surface area contributed by atoms with E-state index in [-0.39, 0.29) is 17.5 Å². The van der Waals surface area contributed by atoms with E-state index in [1.165, 1.54) is 0 Å². The summed E-state index contributed by atoms with van der Waals surface area (Å²) in [5, 5.41) is 3.62. The SMILES string of the molecule is COCC(NC(=O)c1c(C)c2ccccc2oc1=O)C(C)C. The molecule has 0 saturated carbocycles. The fourth-order valence-electron chi connectivity index (χ4n) is 2.39. The van der Waals surface area contributed by atoms with E-state index < -0.39 is 11.5 Å². The van der Waals surface area contributed by atoms with E-state index in [1.54, 1.807) is 26.2 Å². The third-order valence-electron chi connectivity index (χ3n) is 3.77. The van der Waals surface area contributed by atoms with Crippen LogP contribution in [0.4, 0.5) is 0 Å². The summed E-state index contributed by atoms with van der Waals surface area (Å²) < 4.78 is 10.4. The Kier molecular flexibility index (Phi) is 4.98. The maximum Gasteiger partial charge on any atom is 0.349 e. The Hall–Kier alpha value is -2.14. The lowest BCUT2D eigenvalue weighted by Gasteiger charge is -2.21. The highest BCUT2D eigenvalue weighted by molar-refractivity contribution is 5.99. The second-order valence-electron chi connectivity index (χ2n) is 5.66. The van der Waals surface area contributed by atoms with Crippen molar-refractivity contribution in [3.05, 3.63) is 45.8 Å². The van der Waals surface area contributed by atoms with Crippen LogP contribution >= 0.6 is 0 Å². The van der Waals surface area contributed by atoms with Crippen LogP contribution in [-0.2, 0) is 4.74 Å². The topological polar surface area (TPSA) is 68.5 Å². The van der Waals surface area contributed by atoms with E-state index in [4.69, 9.17) is 9.15 Å². The average Bonchev–Trinajstić information content (AvgIpc) is 2.46. The van der Waals surface area contributed by atoms with Crippen molar-refractivity contribution >= 4 is 16.9 Å². The smallest absolute Gasteiger partial charge is 0.349 e. The van der Waals surface area contributed by atoms with Gasteiger partial charge in [-0.15, -0.1) is 0 Å². The zero-order valence-electron chi connectivity index (χ0n) is 13.3. The summed E-state index contributed by atoms with van der Waals surface area (Å²) in [4.78, 5) is 24.6. The lowest BCUT2D eigenvalue weighted by atomic mass is 10.0. The number of fused-ring (bicyclic) bond motifs is 1. The van der Waals surface area contributed by atoms with Gasteiger partial charge in [-0.05, 0) is 24.5 Å². The number of rotatable bonds is 5. The lowest BCUT2D eigenvalue weighted by molar-refractivity contribution is 0.0862. The van der Waals surface area contributed by atoms with Crippen LogP contribution in [0.1, 0.15) is 29.8 Å². The summed E-state index contributed by atoms with van der Waals surface area (Å²) in [6.45, 7) is 6.12. The Balaban J connectivity index is 2.41. The molecule has 0 fully saturated rings. The van der Waals surface area contributed by atoms with Crippen molar-refractivity contribution in [2.24, 2.45) is 5.92 Å². The molecular weight excluding hydrogens is 282 g/mol. The quantitative estimate of drug-likeness (QED) is 0.862. The van der Waals surface area contributed by atoms with Gasteiger partial charge in [0.1, 0.15) is 11.1 Å². The first-order valence-electron chi connectivity index (χ1n) is 7.28. The Morgan fingerprint density at radius 2 is 2.00 bits per heavy atom. The Bertz CT molecular complexity index is 733. The molecule has 2 rings (SSSR count). The number of ether oxygens (including phenoxy) is 1. The van der Waals surface area contributed by atoms with Gasteiger partial charge in [0, 0.05) is 12.5 Å². The van der Waals surface area contributed by atoms with Crippen LogP contribution in [0.3, 0.4) is 0 Å². The van der Waals surface area contributed by atoms with Crippen molar-refractivity contribution < 1.29 is 13.9 Å². The third-order valence-corrected chi connectivity index (χ3v) is 3.77. The number of para-hydroxylation sites is 1. The summed E-state index contributed by atoms with van der Waals surface area (Å²) in [5.74, 6) is -0.232. The van der Waals surface area contributed by atoms with Gasteiger partial charge in [0.2, 0.25) is 0 Å². The van der Waals surface area contributed by atoms with Gasteiger partial charge in [-0.1, -0.05) is 32.0 Å². The fraction of sp³-hybridized carbons (Fsp3) is 0.412. The highest BCUT2D eigenvalue weighted by Gasteiger charge is 2.22. The predicted octanol–water partition coefficient (Wildman–Crippen LogP) is 2.50. The van der Waals surface area contributed by atoms with E-state index in [2.05, 4.69) is 5.32 Å². The van der Waals surface area contributed by atoms with Gasteiger partial charge in [-0.25, -0.2) is 4.79 Å². The summed E-state index contributed by atoms with van der Waals surface area (Å²) in [5.41, 5.74) is 0.553. The molecule has 0 radical (unpaired) electrons. The molecule has 1 N–H and O–H groups in total. The Morgan fingerprint density at radius 1 is 1.32 bits per heavy atom. The van der Waals surface area contributed by atoms with E-state index in [0.717, 1.165) is 5.39 Å². The van der Waals surface area contributed by atoms with E-state index >= 15 is 0 Å². The number of amides is 1. The number of hydrogen-bond donors (Lipinski definition) is 1. The highest BCUT2D eigenvalue weighted by atomic mass is 16.5. The molecule has 0 saturated heterocycles. The molecule has 5 heteroatoms. The molecule has 0 aliphatic rings. The number of hydrogen-bond acceptors (Lipinski definition) is 4. The molecule has 1 amide bonds. The minimum atomic E-state index is -0.617. The van der Waals surface area contributed by atoms with Crippen molar-refractivity contribution in [3.63, 3.8) is 0 Å². The van der Waals surface area contributed by atoms with Gasteiger partial charge in [0.15, 0.2) is 0 Å². The van der Waals surface area contributed by atoms with Gasteiger partial charge in [-0.3, -0.25) is 4.79 Å². The second kappa shape index (κ2) is 6.75. The largest absolute Gasteiger partial charge is 0.422 e. The van der Waals surface area contributed by atoms with E-state index in [9.17, 15) is 9.59 Å². The molecule has 0 spiro atoms. The van der Waals surface area contributed by atoms with Crippen LogP contribution in [-0.4, -0.2) is 25.7 Å². The summed E-state index contributed by atoms with van der Waals surface area (Å²) in [7, 11) is 1.58. The predicted molar refractivity (Wildman–Crippen MR) is 85.2 cm³/mol. The zero-order chi connectivity index (χ0) is 16.3. The maximum absolute atomic E-state index is 12.5. The molecule has 22 heavy (non-hydrogen) atoms. The number of nitrogens with one attached hydrogen (secondary N) is 1. The molecule has 2 aromatic rings. The molecule has 1 aromatic heterocycles. The zero-order valence-corrected chi connectivity index (χ0v) is 13.3. The second-order valence-corrected chi connectivity index (χ2v) is 5.66. The number of benzene rings is 1. The number of carbonyl (C=O) groups is 1. The first kappa shape index (κ1) is 16.2. The van der Waals surface area contributed by atoms with Crippen molar-refractivity contribution in [2.75, 3.05) is 13.7 Å². The molecular formula is C17H21NO4. The van der Waals surface area contributed by atoms with Gasteiger partial charge in [-0.2, -0.15) is 0 Å². The van der Waals surface area contributed by atoms with Crippen LogP contribution < -0.4 is 10.9 Å². The van der Waals surface area contributed by atoms with Crippen LogP contribution in [0.5, 0.6) is 0 Å². The summed E-state index contributed by atoms with van der Waals surface area (Å²) in [6, 6.07) is 7.02. The van der Waals surface area contributed by atoms with Crippen LogP contribution in [0, 0.1) is 12.8 Å². The van der Waals surface area contributed by atoms with Gasteiger partial charge in [0.05, 0.1) is 12.6 Å². The molecule has 0 aliphatic heterocycles. The van der Waals surface area contributed by atoms with Gasteiger partial charge in [0.25, 0.3) is 5.91 Å². The van der Waals surface area contributed by atoms with Gasteiger partial charge < -0.3 is 14.5 Å².